The van der Waals surface area contributed by atoms with E-state index < -0.39 is 0 Å². The Morgan fingerprint density at radius 2 is 1.84 bits per heavy atom. The molecule has 0 amide bonds. The number of aryl methyl sites for hydroxylation is 1. The number of carbonyl (C=O) groups is 1. The van der Waals surface area contributed by atoms with Gasteiger partial charge in [-0.3, -0.25) is 4.79 Å². The van der Waals surface area contributed by atoms with Crippen molar-refractivity contribution in [1.29, 1.82) is 0 Å². The second kappa shape index (κ2) is 9.18. The Balaban J connectivity index is 1.30. The minimum absolute atomic E-state index is 0.0232. The lowest BCUT2D eigenvalue weighted by atomic mass is 9.94. The van der Waals surface area contributed by atoms with Crippen LogP contribution in [0.1, 0.15) is 61.0 Å². The summed E-state index contributed by atoms with van der Waals surface area (Å²) >= 11 is 0. The maximum absolute atomic E-state index is 13.0. The Morgan fingerprint density at radius 1 is 1.06 bits per heavy atom. The number of ketones is 1. The number of hydrogen-bond acceptors (Lipinski definition) is 6. The van der Waals surface area contributed by atoms with Crippen molar-refractivity contribution >= 4 is 11.6 Å². The fourth-order valence-electron chi connectivity index (χ4n) is 4.65. The zero-order valence-electron chi connectivity index (χ0n) is 18.7. The molecule has 3 aromatic rings. The van der Waals surface area contributed by atoms with Crippen LogP contribution < -0.4 is 4.90 Å². The molecule has 1 aromatic carbocycles. The summed E-state index contributed by atoms with van der Waals surface area (Å²) < 4.78 is 1.88. The largest absolute Gasteiger partial charge is 0.353 e. The van der Waals surface area contributed by atoms with Gasteiger partial charge in [0.2, 0.25) is 0 Å². The average molecular weight is 431 g/mol. The van der Waals surface area contributed by atoms with Crippen molar-refractivity contribution in [3.8, 4) is 11.4 Å². The van der Waals surface area contributed by atoms with Crippen LogP contribution in [0.25, 0.3) is 11.4 Å². The van der Waals surface area contributed by atoms with E-state index in [0.29, 0.717) is 18.2 Å². The first-order chi connectivity index (χ1) is 15.7. The summed E-state index contributed by atoms with van der Waals surface area (Å²) in [6, 6.07) is 10.4. The van der Waals surface area contributed by atoms with Gasteiger partial charge in [-0.2, -0.15) is 0 Å². The van der Waals surface area contributed by atoms with Crippen molar-refractivity contribution in [3.05, 3.63) is 54.2 Å². The van der Waals surface area contributed by atoms with E-state index in [9.17, 15) is 4.79 Å². The van der Waals surface area contributed by atoms with E-state index in [2.05, 4.69) is 25.1 Å². The third kappa shape index (κ3) is 4.71. The van der Waals surface area contributed by atoms with E-state index >= 15 is 0 Å². The highest BCUT2D eigenvalue weighted by Crippen LogP contribution is 2.34. The number of Topliss-reactive ketones (excluding diaryl/α,β-unsaturated/α-hetero) is 1. The van der Waals surface area contributed by atoms with Crippen LogP contribution in [0.4, 0.5) is 5.82 Å². The highest BCUT2D eigenvalue weighted by atomic mass is 16.1. The van der Waals surface area contributed by atoms with Crippen LogP contribution in [-0.4, -0.2) is 43.1 Å². The van der Waals surface area contributed by atoms with Crippen molar-refractivity contribution in [2.45, 2.75) is 57.4 Å². The Morgan fingerprint density at radius 3 is 2.53 bits per heavy atom. The molecule has 0 aliphatic heterocycles. The van der Waals surface area contributed by atoms with Crippen molar-refractivity contribution in [1.82, 2.24) is 24.7 Å². The van der Waals surface area contributed by atoms with Gasteiger partial charge < -0.3 is 9.47 Å². The van der Waals surface area contributed by atoms with E-state index in [1.54, 1.807) is 12.7 Å². The lowest BCUT2D eigenvalue weighted by Crippen LogP contribution is -2.39. The summed E-state index contributed by atoms with van der Waals surface area (Å²) in [6.07, 6.45) is 12.5. The molecule has 5 rings (SSSR count). The van der Waals surface area contributed by atoms with Crippen molar-refractivity contribution < 1.29 is 4.79 Å². The van der Waals surface area contributed by atoms with Crippen molar-refractivity contribution in [3.63, 3.8) is 0 Å². The predicted molar refractivity (Wildman–Crippen MR) is 123 cm³/mol. The molecular formula is C25H30N6O. The Hall–Kier alpha value is -3.09. The number of anilines is 1. The zero-order valence-corrected chi connectivity index (χ0v) is 18.7. The molecule has 0 unspecified atom stereocenters. The van der Waals surface area contributed by atoms with Gasteiger partial charge in [-0.1, -0.05) is 43.5 Å². The zero-order chi connectivity index (χ0) is 21.9. The number of benzene rings is 1. The lowest BCUT2D eigenvalue weighted by molar-refractivity contribution is 0.0988. The molecule has 0 N–H and O–H groups in total. The molecule has 0 bridgehead atoms. The Kier molecular flexibility index (Phi) is 5.97. The highest BCUT2D eigenvalue weighted by molar-refractivity contribution is 5.96. The van der Waals surface area contributed by atoms with Crippen LogP contribution in [0.15, 0.2) is 43.0 Å². The summed E-state index contributed by atoms with van der Waals surface area (Å²) in [7, 11) is 1.92. The molecule has 0 saturated heterocycles. The first-order valence-electron chi connectivity index (χ1n) is 11.7. The molecule has 0 radical (unpaired) electrons. The van der Waals surface area contributed by atoms with Gasteiger partial charge in [0, 0.05) is 37.7 Å². The van der Waals surface area contributed by atoms with E-state index in [-0.39, 0.29) is 5.78 Å². The molecule has 32 heavy (non-hydrogen) atoms. The third-order valence-electron chi connectivity index (χ3n) is 6.69. The Labute approximate surface area is 188 Å². The van der Waals surface area contributed by atoms with E-state index in [1.165, 1.54) is 44.9 Å². The second-order valence-corrected chi connectivity index (χ2v) is 9.21. The summed E-state index contributed by atoms with van der Waals surface area (Å²) in [4.78, 5) is 24.4. The summed E-state index contributed by atoms with van der Waals surface area (Å²) in [5.74, 6) is 2.52. The molecule has 0 atom stereocenters. The van der Waals surface area contributed by atoms with Crippen LogP contribution in [-0.2, 0) is 13.5 Å². The van der Waals surface area contributed by atoms with Crippen molar-refractivity contribution in [2.24, 2.45) is 13.0 Å². The Bertz CT molecular complexity index is 1070. The smallest absolute Gasteiger partial charge is 0.185 e. The van der Waals surface area contributed by atoms with Gasteiger partial charge in [-0.05, 0) is 37.2 Å². The lowest BCUT2D eigenvalue weighted by Gasteiger charge is -2.35. The number of rotatable bonds is 8. The SMILES string of the molecule is Cn1cnnc1-c1ccc(CC(=O)c2cc(N(CC3CC3)C3CCCCC3)ncn2)cc1. The molecule has 2 fully saturated rings. The van der Waals surface area contributed by atoms with Gasteiger partial charge in [0.15, 0.2) is 11.6 Å². The average Bonchev–Trinajstić information content (AvgIpc) is 3.56. The van der Waals surface area contributed by atoms with Gasteiger partial charge in [-0.25, -0.2) is 9.97 Å². The summed E-state index contributed by atoms with van der Waals surface area (Å²) in [5.41, 5.74) is 2.45. The first-order valence-corrected chi connectivity index (χ1v) is 11.7. The van der Waals surface area contributed by atoms with E-state index in [1.807, 2.05) is 41.9 Å². The molecule has 166 valence electrons. The maximum atomic E-state index is 13.0. The van der Waals surface area contributed by atoms with Crippen LogP contribution in [0.2, 0.25) is 0 Å². The minimum Gasteiger partial charge on any atom is -0.353 e. The molecule has 2 aliphatic rings. The molecule has 2 heterocycles. The minimum atomic E-state index is 0.0232. The molecular weight excluding hydrogens is 400 g/mol. The van der Waals surface area contributed by atoms with Gasteiger partial charge in [0.05, 0.1) is 0 Å². The number of aromatic nitrogens is 5. The monoisotopic (exact) mass is 430 g/mol. The van der Waals surface area contributed by atoms with Crippen LogP contribution in [0.5, 0.6) is 0 Å². The van der Waals surface area contributed by atoms with Gasteiger partial charge in [0.1, 0.15) is 24.2 Å². The summed E-state index contributed by atoms with van der Waals surface area (Å²) in [5, 5.41) is 8.07. The maximum Gasteiger partial charge on any atom is 0.185 e. The van der Waals surface area contributed by atoms with E-state index in [4.69, 9.17) is 0 Å². The topological polar surface area (TPSA) is 76.8 Å². The fourth-order valence-corrected chi connectivity index (χ4v) is 4.65. The van der Waals surface area contributed by atoms with Crippen molar-refractivity contribution in [2.75, 3.05) is 11.4 Å². The standard InChI is InChI=1S/C25H30N6O/c1-30-17-28-29-25(30)20-11-9-18(10-12-20)13-23(32)22-14-24(27-16-26-22)31(15-19-7-8-19)21-5-3-2-4-6-21/h9-12,14,16-17,19,21H,2-8,13,15H2,1H3. The number of nitrogens with zero attached hydrogens (tertiary/aromatic N) is 6. The van der Waals surface area contributed by atoms with Crippen LogP contribution >= 0.6 is 0 Å². The summed E-state index contributed by atoms with van der Waals surface area (Å²) in [6.45, 7) is 1.05. The highest BCUT2D eigenvalue weighted by Gasteiger charge is 2.30. The molecule has 2 saturated carbocycles. The third-order valence-corrected chi connectivity index (χ3v) is 6.69. The van der Waals surface area contributed by atoms with Gasteiger partial charge in [-0.15, -0.1) is 10.2 Å². The quantitative estimate of drug-likeness (QED) is 0.497. The van der Waals surface area contributed by atoms with Gasteiger partial charge >= 0.3 is 0 Å². The second-order valence-electron chi connectivity index (χ2n) is 9.21. The van der Waals surface area contributed by atoms with E-state index in [0.717, 1.165) is 35.2 Å². The molecule has 0 spiro atoms. The van der Waals surface area contributed by atoms with Crippen LogP contribution in [0, 0.1) is 5.92 Å². The first kappa shape index (κ1) is 20.8. The molecule has 7 nitrogen and oxygen atoms in total. The molecule has 7 heteroatoms. The van der Waals surface area contributed by atoms with Gasteiger partial charge in [0.25, 0.3) is 0 Å². The molecule has 2 aromatic heterocycles. The number of carbonyl (C=O) groups excluding carboxylic acids is 1. The molecule has 2 aliphatic carbocycles. The van der Waals surface area contributed by atoms with Crippen LogP contribution in [0.3, 0.4) is 0 Å². The normalized spacial score (nSPS) is 16.8. The predicted octanol–water partition coefficient (Wildman–Crippen LogP) is 4.25. The fraction of sp³-hybridized carbons (Fsp3) is 0.480. The number of hydrogen-bond donors (Lipinski definition) is 0.